The van der Waals surface area contributed by atoms with Crippen molar-refractivity contribution in [1.82, 2.24) is 10.6 Å². The van der Waals surface area contributed by atoms with Crippen molar-refractivity contribution >= 4 is 0 Å². The zero-order valence-corrected chi connectivity index (χ0v) is 11.2. The molecule has 1 aromatic carbocycles. The van der Waals surface area contributed by atoms with Crippen LogP contribution >= 0.6 is 0 Å². The Morgan fingerprint density at radius 2 is 1.88 bits per heavy atom. The van der Waals surface area contributed by atoms with E-state index in [1.54, 1.807) is 6.92 Å². The van der Waals surface area contributed by atoms with E-state index in [1.807, 2.05) is 12.1 Å². The fourth-order valence-electron chi connectivity index (χ4n) is 1.59. The molecule has 0 amide bonds. The van der Waals surface area contributed by atoms with Gasteiger partial charge in [0.2, 0.25) is 0 Å². The highest BCUT2D eigenvalue weighted by Gasteiger charge is 2.03. The van der Waals surface area contributed by atoms with Crippen LogP contribution in [0.25, 0.3) is 0 Å². The van der Waals surface area contributed by atoms with E-state index < -0.39 is 0 Å². The number of hydrogen-bond donors (Lipinski definition) is 2. The Hall–Kier alpha value is -0.930. The van der Waals surface area contributed by atoms with Crippen LogP contribution in [0.15, 0.2) is 18.2 Å². The molecule has 0 saturated carbocycles. The largest absolute Gasteiger partial charge is 0.313 e. The standard InChI is InChI=1S/C14H23FN2/c1-10(2)16-8-12(4)17-9-13-5-6-14(15)11(3)7-13/h5-7,10,12,16-17H,8-9H2,1-4H3. The maximum absolute atomic E-state index is 13.1. The smallest absolute Gasteiger partial charge is 0.126 e. The van der Waals surface area contributed by atoms with Crippen molar-refractivity contribution in [3.05, 3.63) is 35.1 Å². The maximum Gasteiger partial charge on any atom is 0.126 e. The van der Waals surface area contributed by atoms with Crippen LogP contribution in [0.3, 0.4) is 0 Å². The van der Waals surface area contributed by atoms with Crippen LogP contribution < -0.4 is 10.6 Å². The predicted octanol–water partition coefficient (Wildman–Crippen LogP) is 2.61. The molecule has 0 aliphatic heterocycles. The zero-order valence-electron chi connectivity index (χ0n) is 11.2. The Morgan fingerprint density at radius 1 is 1.18 bits per heavy atom. The van der Waals surface area contributed by atoms with Crippen molar-refractivity contribution in [2.45, 2.75) is 46.3 Å². The third-order valence-corrected chi connectivity index (χ3v) is 2.71. The second-order valence-corrected chi connectivity index (χ2v) is 4.93. The summed E-state index contributed by atoms with van der Waals surface area (Å²) >= 11 is 0. The van der Waals surface area contributed by atoms with Crippen molar-refractivity contribution < 1.29 is 4.39 Å². The van der Waals surface area contributed by atoms with Crippen LogP contribution in [-0.4, -0.2) is 18.6 Å². The molecule has 1 unspecified atom stereocenters. The Morgan fingerprint density at radius 3 is 2.47 bits per heavy atom. The van der Waals surface area contributed by atoms with Gasteiger partial charge in [0.05, 0.1) is 0 Å². The zero-order chi connectivity index (χ0) is 12.8. The molecule has 0 saturated heterocycles. The van der Waals surface area contributed by atoms with E-state index in [2.05, 4.69) is 31.4 Å². The van der Waals surface area contributed by atoms with Gasteiger partial charge in [-0.2, -0.15) is 0 Å². The highest BCUT2D eigenvalue weighted by atomic mass is 19.1. The third kappa shape index (κ3) is 5.29. The summed E-state index contributed by atoms with van der Waals surface area (Å²) < 4.78 is 13.1. The Kier molecular flexibility index (Phi) is 5.59. The molecule has 17 heavy (non-hydrogen) atoms. The SMILES string of the molecule is Cc1cc(CNC(C)CNC(C)C)ccc1F. The average Bonchev–Trinajstić information content (AvgIpc) is 2.28. The van der Waals surface area contributed by atoms with Crippen LogP contribution in [0.1, 0.15) is 31.9 Å². The molecule has 0 fully saturated rings. The molecule has 0 spiro atoms. The van der Waals surface area contributed by atoms with Gasteiger partial charge in [0.1, 0.15) is 5.82 Å². The summed E-state index contributed by atoms with van der Waals surface area (Å²) in [7, 11) is 0. The summed E-state index contributed by atoms with van der Waals surface area (Å²) in [5.41, 5.74) is 1.83. The summed E-state index contributed by atoms with van der Waals surface area (Å²) in [5, 5.41) is 6.80. The number of benzene rings is 1. The fraction of sp³-hybridized carbons (Fsp3) is 0.571. The normalized spacial score (nSPS) is 13.1. The fourth-order valence-corrected chi connectivity index (χ4v) is 1.59. The molecular weight excluding hydrogens is 215 g/mol. The summed E-state index contributed by atoms with van der Waals surface area (Å²) in [6.45, 7) is 9.93. The van der Waals surface area contributed by atoms with Gasteiger partial charge in [0, 0.05) is 25.2 Å². The highest BCUT2D eigenvalue weighted by molar-refractivity contribution is 5.23. The molecule has 1 rings (SSSR count). The van der Waals surface area contributed by atoms with E-state index >= 15 is 0 Å². The second-order valence-electron chi connectivity index (χ2n) is 4.93. The van der Waals surface area contributed by atoms with Gasteiger partial charge in [-0.3, -0.25) is 0 Å². The number of rotatable bonds is 6. The lowest BCUT2D eigenvalue weighted by molar-refractivity contribution is 0.473. The Bertz CT molecular complexity index is 350. The predicted molar refractivity (Wildman–Crippen MR) is 70.6 cm³/mol. The first-order valence-corrected chi connectivity index (χ1v) is 6.21. The molecule has 0 heterocycles. The van der Waals surface area contributed by atoms with Crippen LogP contribution in [0.4, 0.5) is 4.39 Å². The summed E-state index contributed by atoms with van der Waals surface area (Å²) in [6, 6.07) is 6.17. The molecule has 0 bridgehead atoms. The topological polar surface area (TPSA) is 24.1 Å². The maximum atomic E-state index is 13.1. The van der Waals surface area contributed by atoms with Crippen LogP contribution in [0.5, 0.6) is 0 Å². The summed E-state index contributed by atoms with van der Waals surface area (Å²) in [4.78, 5) is 0. The van der Waals surface area contributed by atoms with Gasteiger partial charge in [0.25, 0.3) is 0 Å². The molecule has 3 heteroatoms. The summed E-state index contributed by atoms with van der Waals surface area (Å²) in [6.07, 6.45) is 0. The lowest BCUT2D eigenvalue weighted by atomic mass is 10.1. The van der Waals surface area contributed by atoms with Gasteiger partial charge in [-0.15, -0.1) is 0 Å². The van der Waals surface area contributed by atoms with E-state index in [-0.39, 0.29) is 5.82 Å². The molecule has 0 aliphatic carbocycles. The van der Waals surface area contributed by atoms with Crippen LogP contribution in [0.2, 0.25) is 0 Å². The van der Waals surface area contributed by atoms with Gasteiger partial charge in [-0.1, -0.05) is 26.0 Å². The van der Waals surface area contributed by atoms with Crippen molar-refractivity contribution in [2.75, 3.05) is 6.54 Å². The average molecular weight is 238 g/mol. The van der Waals surface area contributed by atoms with Crippen LogP contribution in [-0.2, 0) is 6.54 Å². The van der Waals surface area contributed by atoms with Crippen molar-refractivity contribution in [1.29, 1.82) is 0 Å². The van der Waals surface area contributed by atoms with E-state index in [1.165, 1.54) is 6.07 Å². The number of nitrogens with one attached hydrogen (secondary N) is 2. The molecule has 1 atom stereocenters. The van der Waals surface area contributed by atoms with Gasteiger partial charge in [-0.05, 0) is 31.0 Å². The Balaban J connectivity index is 2.36. The van der Waals surface area contributed by atoms with Gasteiger partial charge >= 0.3 is 0 Å². The highest BCUT2D eigenvalue weighted by Crippen LogP contribution is 2.09. The first kappa shape index (κ1) is 14.1. The van der Waals surface area contributed by atoms with Crippen molar-refractivity contribution in [3.63, 3.8) is 0 Å². The Labute approximate surface area is 104 Å². The quantitative estimate of drug-likeness (QED) is 0.796. The first-order valence-electron chi connectivity index (χ1n) is 6.21. The molecular formula is C14H23FN2. The molecule has 2 N–H and O–H groups in total. The first-order chi connectivity index (χ1) is 7.99. The van der Waals surface area contributed by atoms with Gasteiger partial charge < -0.3 is 10.6 Å². The van der Waals surface area contributed by atoms with E-state index in [9.17, 15) is 4.39 Å². The molecule has 1 aromatic rings. The monoisotopic (exact) mass is 238 g/mol. The van der Waals surface area contributed by atoms with E-state index in [0.29, 0.717) is 17.6 Å². The minimum Gasteiger partial charge on any atom is -0.313 e. The summed E-state index contributed by atoms with van der Waals surface area (Å²) in [5.74, 6) is -0.136. The van der Waals surface area contributed by atoms with E-state index in [4.69, 9.17) is 0 Å². The van der Waals surface area contributed by atoms with Gasteiger partial charge in [-0.25, -0.2) is 4.39 Å². The second kappa shape index (κ2) is 6.72. The number of hydrogen-bond acceptors (Lipinski definition) is 2. The molecule has 96 valence electrons. The lowest BCUT2D eigenvalue weighted by Crippen LogP contribution is -2.38. The third-order valence-electron chi connectivity index (χ3n) is 2.71. The van der Waals surface area contributed by atoms with Crippen molar-refractivity contribution in [2.24, 2.45) is 0 Å². The molecule has 0 radical (unpaired) electrons. The number of aryl methyl sites for hydroxylation is 1. The number of halogens is 1. The molecule has 0 aromatic heterocycles. The minimum absolute atomic E-state index is 0.136. The molecule has 0 aliphatic rings. The molecule has 2 nitrogen and oxygen atoms in total. The van der Waals surface area contributed by atoms with Gasteiger partial charge in [0.15, 0.2) is 0 Å². The lowest BCUT2D eigenvalue weighted by Gasteiger charge is -2.16. The van der Waals surface area contributed by atoms with Crippen LogP contribution in [0, 0.1) is 12.7 Å². The minimum atomic E-state index is -0.136. The van der Waals surface area contributed by atoms with Crippen molar-refractivity contribution in [3.8, 4) is 0 Å². The van der Waals surface area contributed by atoms with E-state index in [0.717, 1.165) is 18.7 Å².